The maximum absolute atomic E-state index is 13.4. The predicted molar refractivity (Wildman–Crippen MR) is 186 cm³/mol. The highest BCUT2D eigenvalue weighted by molar-refractivity contribution is 7.14. The van der Waals surface area contributed by atoms with Gasteiger partial charge >= 0.3 is 0 Å². The molecule has 2 aliphatic rings. The molecule has 3 heterocycles. The van der Waals surface area contributed by atoms with Gasteiger partial charge in [0, 0.05) is 55.3 Å². The molecule has 2 N–H and O–H groups in total. The third-order valence-corrected chi connectivity index (χ3v) is 10.2. The highest BCUT2D eigenvalue weighted by atomic mass is 32.1. The van der Waals surface area contributed by atoms with E-state index in [2.05, 4.69) is 10.6 Å². The fraction of sp³-hybridized carbons (Fsp3) is 0.351. The highest BCUT2D eigenvalue weighted by Gasteiger charge is 2.23. The number of nitrogens with zero attached hydrogens (tertiary/aromatic N) is 2. The summed E-state index contributed by atoms with van der Waals surface area (Å²) in [5.41, 5.74) is 6.77. The van der Waals surface area contributed by atoms with E-state index in [9.17, 15) is 19.2 Å². The second-order valence-corrected chi connectivity index (χ2v) is 13.4. The number of pyridine rings is 1. The largest absolute Gasteiger partial charge is 0.378 e. The van der Waals surface area contributed by atoms with Gasteiger partial charge in [0.05, 0.1) is 29.3 Å². The van der Waals surface area contributed by atoms with Crippen LogP contribution in [0.3, 0.4) is 0 Å². The molecule has 9 nitrogen and oxygen atoms in total. The van der Waals surface area contributed by atoms with Gasteiger partial charge in [0.15, 0.2) is 0 Å². The Morgan fingerprint density at radius 3 is 2.51 bits per heavy atom. The van der Waals surface area contributed by atoms with E-state index >= 15 is 0 Å². The summed E-state index contributed by atoms with van der Waals surface area (Å²) in [6.07, 6.45) is 6.81. The van der Waals surface area contributed by atoms with E-state index < -0.39 is 0 Å². The van der Waals surface area contributed by atoms with Crippen LogP contribution < -0.4 is 16.2 Å². The number of nitrogens with one attached hydrogen (secondary N) is 2. The van der Waals surface area contributed by atoms with Gasteiger partial charge in [-0.2, -0.15) is 0 Å². The molecule has 0 spiro atoms. The summed E-state index contributed by atoms with van der Waals surface area (Å²) >= 11 is 1.59. The number of ether oxygens (including phenoxy) is 1. The van der Waals surface area contributed by atoms with Crippen LogP contribution in [0.4, 0.5) is 11.4 Å². The lowest BCUT2D eigenvalue weighted by atomic mass is 9.96. The van der Waals surface area contributed by atoms with Crippen LogP contribution >= 0.6 is 11.3 Å². The molecule has 0 saturated carbocycles. The first-order valence-corrected chi connectivity index (χ1v) is 17.1. The quantitative estimate of drug-likeness (QED) is 0.244. The average molecular weight is 653 g/mol. The lowest BCUT2D eigenvalue weighted by molar-refractivity contribution is -0.115. The van der Waals surface area contributed by atoms with E-state index in [1.807, 2.05) is 49.5 Å². The Morgan fingerprint density at radius 2 is 1.74 bits per heavy atom. The Kier molecular flexibility index (Phi) is 9.70. The summed E-state index contributed by atoms with van der Waals surface area (Å²) in [5.74, 6) is -0.463. The Bertz CT molecular complexity index is 1880. The van der Waals surface area contributed by atoms with E-state index in [0.29, 0.717) is 49.5 Å². The number of amides is 3. The fourth-order valence-corrected chi connectivity index (χ4v) is 7.46. The first-order chi connectivity index (χ1) is 22.7. The zero-order chi connectivity index (χ0) is 33.1. The maximum Gasteiger partial charge on any atom is 0.265 e. The Labute approximate surface area is 278 Å². The van der Waals surface area contributed by atoms with Gasteiger partial charge in [0.1, 0.15) is 0 Å². The molecule has 1 aliphatic carbocycles. The van der Waals surface area contributed by atoms with Crippen LogP contribution in [0.15, 0.2) is 59.5 Å². The van der Waals surface area contributed by atoms with Crippen LogP contribution in [0.2, 0.25) is 0 Å². The van der Waals surface area contributed by atoms with Crippen molar-refractivity contribution >= 4 is 40.4 Å². The number of hydrogen-bond acceptors (Lipinski definition) is 6. The monoisotopic (exact) mass is 652 g/mol. The molecule has 0 bridgehead atoms. The molecule has 1 saturated heterocycles. The smallest absolute Gasteiger partial charge is 0.265 e. The molecule has 6 rings (SSSR count). The number of benzene rings is 2. The summed E-state index contributed by atoms with van der Waals surface area (Å²) in [4.78, 5) is 56.2. The molecule has 3 amide bonds. The highest BCUT2D eigenvalue weighted by Crippen LogP contribution is 2.32. The van der Waals surface area contributed by atoms with E-state index in [-0.39, 0.29) is 29.7 Å². The van der Waals surface area contributed by atoms with E-state index in [0.717, 1.165) is 45.7 Å². The number of anilines is 2. The molecule has 4 aromatic rings. The van der Waals surface area contributed by atoms with Gasteiger partial charge in [0.25, 0.3) is 17.4 Å². The Hall–Kier alpha value is -4.54. The number of carbonyl (C=O) groups excluding carboxylic acids is 3. The number of thiophene rings is 1. The van der Waals surface area contributed by atoms with Crippen molar-refractivity contribution in [2.24, 2.45) is 7.05 Å². The van der Waals surface area contributed by atoms with E-state index in [1.165, 1.54) is 23.3 Å². The minimum atomic E-state index is -0.197. The van der Waals surface area contributed by atoms with Crippen molar-refractivity contribution in [1.82, 2.24) is 9.47 Å². The average Bonchev–Trinajstić information content (AvgIpc) is 3.53. The topological polar surface area (TPSA) is 110 Å². The van der Waals surface area contributed by atoms with Gasteiger partial charge in [-0.1, -0.05) is 25.1 Å². The number of carbonyl (C=O) groups is 3. The first-order valence-electron chi connectivity index (χ1n) is 16.2. The Morgan fingerprint density at radius 1 is 0.957 bits per heavy atom. The molecule has 2 aromatic heterocycles. The van der Waals surface area contributed by atoms with Gasteiger partial charge in [0.2, 0.25) is 5.91 Å². The SMILES string of the molecule is CCC(=O)Nc1cc(Cc2cc(-c3cccc(NC(=O)c4cc5c(s4)CCCC5)c3C)cn(C)c2=O)ccc1C(=O)N1CCOCC1. The van der Waals surface area contributed by atoms with Crippen LogP contribution in [-0.4, -0.2) is 53.5 Å². The first kappa shape index (κ1) is 32.4. The van der Waals surface area contributed by atoms with Crippen LogP contribution in [0.25, 0.3) is 11.1 Å². The molecular formula is C37H40N4O5S. The van der Waals surface area contributed by atoms with Gasteiger partial charge in [-0.3, -0.25) is 19.2 Å². The van der Waals surface area contributed by atoms with Crippen LogP contribution in [-0.2, 0) is 35.8 Å². The van der Waals surface area contributed by atoms with Crippen molar-refractivity contribution in [3.63, 3.8) is 0 Å². The fourth-order valence-electron chi connectivity index (χ4n) is 6.31. The van der Waals surface area contributed by atoms with E-state index in [1.54, 1.807) is 46.9 Å². The number of aryl methyl sites for hydroxylation is 3. The molecule has 0 atom stereocenters. The van der Waals surface area contributed by atoms with Gasteiger partial charge in [-0.15, -0.1) is 11.3 Å². The molecule has 1 aliphatic heterocycles. The molecule has 2 aromatic carbocycles. The second kappa shape index (κ2) is 14.1. The van der Waals surface area contributed by atoms with Crippen molar-refractivity contribution in [3.05, 3.63) is 103 Å². The molecule has 1 fully saturated rings. The van der Waals surface area contributed by atoms with Crippen molar-refractivity contribution in [2.45, 2.75) is 52.4 Å². The number of hydrogen-bond donors (Lipinski definition) is 2. The number of morpholine rings is 1. The summed E-state index contributed by atoms with van der Waals surface area (Å²) in [6.45, 7) is 5.67. The second-order valence-electron chi connectivity index (χ2n) is 12.2. The molecule has 47 heavy (non-hydrogen) atoms. The molecule has 0 radical (unpaired) electrons. The standard InChI is InChI=1S/C37H40N4O5S/c1-4-34(42)38-31-19-24(12-13-29(31)37(45)41-14-16-46-17-15-41)18-26-20-27(22-40(3)36(26)44)28-9-7-10-30(23(28)2)39-35(43)33-21-25-8-5-6-11-32(25)47-33/h7,9-10,12-13,19-22H,4-6,8,11,14-18H2,1-3H3,(H,38,42)(H,39,43). The third-order valence-electron chi connectivity index (χ3n) is 8.97. The third kappa shape index (κ3) is 7.08. The van der Waals surface area contributed by atoms with E-state index in [4.69, 9.17) is 4.74 Å². The predicted octanol–water partition coefficient (Wildman–Crippen LogP) is 5.97. The summed E-state index contributed by atoms with van der Waals surface area (Å²) in [7, 11) is 1.73. The van der Waals surface area contributed by atoms with Crippen molar-refractivity contribution in [2.75, 3.05) is 36.9 Å². The summed E-state index contributed by atoms with van der Waals surface area (Å²) < 4.78 is 6.97. The maximum atomic E-state index is 13.4. The number of rotatable bonds is 8. The normalized spacial score (nSPS) is 14.4. The molecule has 10 heteroatoms. The van der Waals surface area contributed by atoms with Crippen molar-refractivity contribution in [3.8, 4) is 11.1 Å². The van der Waals surface area contributed by atoms with Crippen LogP contribution in [0, 0.1) is 6.92 Å². The molecule has 244 valence electrons. The molecular weight excluding hydrogens is 612 g/mol. The zero-order valence-electron chi connectivity index (χ0n) is 27.1. The van der Waals surface area contributed by atoms with Gasteiger partial charge in [-0.25, -0.2) is 0 Å². The summed E-state index contributed by atoms with van der Waals surface area (Å²) in [5, 5.41) is 6.01. The summed E-state index contributed by atoms with van der Waals surface area (Å²) in [6, 6.07) is 15.1. The lowest BCUT2D eigenvalue weighted by Gasteiger charge is -2.27. The van der Waals surface area contributed by atoms with Crippen molar-refractivity contribution in [1.29, 1.82) is 0 Å². The van der Waals surface area contributed by atoms with Gasteiger partial charge < -0.3 is 24.8 Å². The number of fused-ring (bicyclic) bond motifs is 1. The molecule has 0 unspecified atom stereocenters. The minimum absolute atomic E-state index is 0.104. The van der Waals surface area contributed by atoms with Crippen molar-refractivity contribution < 1.29 is 19.1 Å². The lowest BCUT2D eigenvalue weighted by Crippen LogP contribution is -2.41. The zero-order valence-corrected chi connectivity index (χ0v) is 27.9. The van der Waals surface area contributed by atoms with Crippen LogP contribution in [0.5, 0.6) is 0 Å². The minimum Gasteiger partial charge on any atom is -0.378 e. The Balaban J connectivity index is 1.27. The number of aromatic nitrogens is 1. The van der Waals surface area contributed by atoms with Gasteiger partial charge in [-0.05, 0) is 90.8 Å². The van der Waals surface area contributed by atoms with Crippen LogP contribution in [0.1, 0.15) is 73.3 Å².